The van der Waals surface area contributed by atoms with Crippen LogP contribution in [-0.2, 0) is 0 Å². The summed E-state index contributed by atoms with van der Waals surface area (Å²) in [6, 6.07) is 8.47. The quantitative estimate of drug-likeness (QED) is 0.685. The molecule has 0 unspecified atom stereocenters. The summed E-state index contributed by atoms with van der Waals surface area (Å²) in [5.41, 5.74) is 8.94. The molecular formula is C19H21N7O. The van der Waals surface area contributed by atoms with E-state index < -0.39 is 0 Å². The minimum atomic E-state index is 0.243. The predicted octanol–water partition coefficient (Wildman–Crippen LogP) is 2.88. The number of methoxy groups -OCH3 is 1. The number of nitriles is 1. The number of aromatic nitrogens is 4. The number of benzene rings is 1. The summed E-state index contributed by atoms with van der Waals surface area (Å²) < 4.78 is 7.41. The standard InChI is InChI=1S/C19H21N7O/c1-27-18-12(9-20)10-22-19(25-18)24-14-3-2-4-15(8-14)26-11-23-16-7-13(21)5-6-17(16)26/h5-7,10-11,14-15H,2-4,8,21H2,1H3,(H,22,24,25)/t14-,15+/m1/s1. The number of nitrogens with one attached hydrogen (secondary N) is 1. The summed E-state index contributed by atoms with van der Waals surface area (Å²) in [5.74, 6) is 0.778. The van der Waals surface area contributed by atoms with Gasteiger partial charge in [-0.3, -0.25) is 0 Å². The lowest BCUT2D eigenvalue weighted by Crippen LogP contribution is -2.29. The number of hydrogen-bond acceptors (Lipinski definition) is 7. The number of nitrogen functional groups attached to an aromatic ring is 1. The van der Waals surface area contributed by atoms with Gasteiger partial charge in [-0.2, -0.15) is 10.2 Å². The molecule has 1 fully saturated rings. The highest BCUT2D eigenvalue weighted by Gasteiger charge is 2.25. The second-order valence-corrected chi connectivity index (χ2v) is 6.79. The van der Waals surface area contributed by atoms with E-state index >= 15 is 0 Å². The Bertz CT molecular complexity index is 1010. The van der Waals surface area contributed by atoms with Crippen molar-refractivity contribution >= 4 is 22.7 Å². The Labute approximate surface area is 157 Å². The Morgan fingerprint density at radius 3 is 3.04 bits per heavy atom. The molecule has 1 saturated carbocycles. The molecule has 1 aliphatic rings. The van der Waals surface area contributed by atoms with Crippen LogP contribution in [0.15, 0.2) is 30.7 Å². The van der Waals surface area contributed by atoms with Crippen LogP contribution in [-0.4, -0.2) is 32.7 Å². The van der Waals surface area contributed by atoms with Gasteiger partial charge in [0.25, 0.3) is 0 Å². The topological polar surface area (TPSA) is 115 Å². The molecule has 0 saturated heterocycles. The number of ether oxygens (including phenoxy) is 1. The van der Waals surface area contributed by atoms with Crippen LogP contribution in [0.2, 0.25) is 0 Å². The zero-order chi connectivity index (χ0) is 18.8. The molecule has 0 spiro atoms. The normalized spacial score (nSPS) is 19.6. The third-order valence-electron chi connectivity index (χ3n) is 5.04. The maximum Gasteiger partial charge on any atom is 0.236 e. The smallest absolute Gasteiger partial charge is 0.236 e. The highest BCUT2D eigenvalue weighted by molar-refractivity contribution is 5.79. The molecule has 3 aromatic rings. The first-order valence-corrected chi connectivity index (χ1v) is 8.97. The molecule has 8 nitrogen and oxygen atoms in total. The van der Waals surface area contributed by atoms with Crippen molar-refractivity contribution in [1.29, 1.82) is 5.26 Å². The third-order valence-corrected chi connectivity index (χ3v) is 5.04. The van der Waals surface area contributed by atoms with Crippen molar-refractivity contribution in [2.45, 2.75) is 37.8 Å². The second-order valence-electron chi connectivity index (χ2n) is 6.79. The van der Waals surface area contributed by atoms with Crippen LogP contribution in [0, 0.1) is 11.3 Å². The molecule has 0 amide bonds. The molecular weight excluding hydrogens is 342 g/mol. The fourth-order valence-electron chi connectivity index (χ4n) is 3.74. The molecule has 2 aromatic heterocycles. The largest absolute Gasteiger partial charge is 0.480 e. The Morgan fingerprint density at radius 1 is 1.33 bits per heavy atom. The van der Waals surface area contributed by atoms with Gasteiger partial charge in [-0.1, -0.05) is 0 Å². The second kappa shape index (κ2) is 7.11. The Balaban J connectivity index is 1.52. The van der Waals surface area contributed by atoms with Crippen molar-refractivity contribution in [3.63, 3.8) is 0 Å². The van der Waals surface area contributed by atoms with Gasteiger partial charge >= 0.3 is 0 Å². The van der Waals surface area contributed by atoms with Crippen LogP contribution in [0.1, 0.15) is 37.3 Å². The molecule has 4 rings (SSSR count). The molecule has 1 aromatic carbocycles. The minimum absolute atomic E-state index is 0.243. The van der Waals surface area contributed by atoms with Gasteiger partial charge in [0, 0.05) is 17.8 Å². The summed E-state index contributed by atoms with van der Waals surface area (Å²) in [6.07, 6.45) is 7.58. The Kier molecular flexibility index (Phi) is 4.50. The van der Waals surface area contributed by atoms with Crippen molar-refractivity contribution in [1.82, 2.24) is 19.5 Å². The number of anilines is 2. The third kappa shape index (κ3) is 3.36. The predicted molar refractivity (Wildman–Crippen MR) is 102 cm³/mol. The molecule has 0 aliphatic heterocycles. The summed E-state index contributed by atoms with van der Waals surface area (Å²) in [7, 11) is 1.50. The van der Waals surface area contributed by atoms with Crippen LogP contribution >= 0.6 is 0 Å². The van der Waals surface area contributed by atoms with E-state index in [-0.39, 0.29) is 6.04 Å². The van der Waals surface area contributed by atoms with E-state index in [9.17, 15) is 0 Å². The van der Waals surface area contributed by atoms with E-state index in [1.54, 1.807) is 0 Å². The van der Waals surface area contributed by atoms with Gasteiger partial charge in [-0.15, -0.1) is 0 Å². The summed E-state index contributed by atoms with van der Waals surface area (Å²) >= 11 is 0. The maximum absolute atomic E-state index is 9.06. The van der Waals surface area contributed by atoms with Crippen molar-refractivity contribution in [2.75, 3.05) is 18.2 Å². The van der Waals surface area contributed by atoms with Crippen molar-refractivity contribution in [2.24, 2.45) is 0 Å². The van der Waals surface area contributed by atoms with Gasteiger partial charge in [-0.05, 0) is 43.9 Å². The van der Waals surface area contributed by atoms with E-state index in [1.165, 1.54) is 13.3 Å². The molecule has 2 heterocycles. The molecule has 3 N–H and O–H groups in total. The maximum atomic E-state index is 9.06. The fourth-order valence-corrected chi connectivity index (χ4v) is 3.74. The van der Waals surface area contributed by atoms with Crippen molar-refractivity contribution in [3.05, 3.63) is 36.3 Å². The first-order valence-electron chi connectivity index (χ1n) is 8.97. The van der Waals surface area contributed by atoms with Crippen LogP contribution in [0.3, 0.4) is 0 Å². The Morgan fingerprint density at radius 2 is 2.22 bits per heavy atom. The summed E-state index contributed by atoms with van der Waals surface area (Å²) in [6.45, 7) is 0. The van der Waals surface area contributed by atoms with E-state index in [0.29, 0.717) is 23.4 Å². The zero-order valence-corrected chi connectivity index (χ0v) is 15.1. The molecule has 0 bridgehead atoms. The monoisotopic (exact) mass is 363 g/mol. The average molecular weight is 363 g/mol. The van der Waals surface area contributed by atoms with Crippen molar-refractivity contribution < 1.29 is 4.74 Å². The molecule has 2 atom stereocenters. The lowest BCUT2D eigenvalue weighted by molar-refractivity contribution is 0.336. The first-order chi connectivity index (χ1) is 13.2. The van der Waals surface area contributed by atoms with Crippen LogP contribution < -0.4 is 15.8 Å². The van der Waals surface area contributed by atoms with Gasteiger partial charge in [0.15, 0.2) is 0 Å². The lowest BCUT2D eigenvalue weighted by Gasteiger charge is -2.31. The Hall–Kier alpha value is -3.34. The van der Waals surface area contributed by atoms with Crippen molar-refractivity contribution in [3.8, 4) is 11.9 Å². The van der Waals surface area contributed by atoms with Gasteiger partial charge in [0.05, 0.1) is 30.7 Å². The van der Waals surface area contributed by atoms with Gasteiger partial charge in [0.2, 0.25) is 11.8 Å². The number of hydrogen-bond donors (Lipinski definition) is 2. The number of rotatable bonds is 4. The van der Waals surface area contributed by atoms with Crippen LogP contribution in [0.5, 0.6) is 5.88 Å². The van der Waals surface area contributed by atoms with E-state index in [1.807, 2.05) is 30.6 Å². The van der Waals surface area contributed by atoms with E-state index in [2.05, 4.69) is 24.8 Å². The van der Waals surface area contributed by atoms with Crippen LogP contribution in [0.25, 0.3) is 11.0 Å². The number of nitrogens with two attached hydrogens (primary N) is 1. The number of nitrogens with zero attached hydrogens (tertiary/aromatic N) is 5. The van der Waals surface area contributed by atoms with E-state index in [4.69, 9.17) is 15.7 Å². The fraction of sp³-hybridized carbons (Fsp3) is 0.368. The van der Waals surface area contributed by atoms with Crippen LogP contribution in [0.4, 0.5) is 11.6 Å². The minimum Gasteiger partial charge on any atom is -0.480 e. The van der Waals surface area contributed by atoms with E-state index in [0.717, 1.165) is 42.4 Å². The lowest BCUT2D eigenvalue weighted by atomic mass is 9.90. The molecule has 27 heavy (non-hydrogen) atoms. The number of imidazole rings is 1. The van der Waals surface area contributed by atoms with Gasteiger partial charge < -0.3 is 20.4 Å². The average Bonchev–Trinajstić information content (AvgIpc) is 3.11. The number of fused-ring (bicyclic) bond motifs is 1. The highest BCUT2D eigenvalue weighted by Crippen LogP contribution is 2.32. The SMILES string of the molecule is COc1nc(N[C@@H]2CCC[C@H](n3cnc4cc(N)ccc43)C2)ncc1C#N. The molecule has 138 valence electrons. The van der Waals surface area contributed by atoms with Gasteiger partial charge in [0.1, 0.15) is 11.6 Å². The van der Waals surface area contributed by atoms with Gasteiger partial charge in [-0.25, -0.2) is 9.97 Å². The highest BCUT2D eigenvalue weighted by atomic mass is 16.5. The zero-order valence-electron chi connectivity index (χ0n) is 15.1. The first kappa shape index (κ1) is 17.1. The summed E-state index contributed by atoms with van der Waals surface area (Å²) in [4.78, 5) is 13.0. The molecule has 8 heteroatoms. The molecule has 1 aliphatic carbocycles. The summed E-state index contributed by atoms with van der Waals surface area (Å²) in [5, 5.41) is 12.4. The molecule has 0 radical (unpaired) electrons.